The van der Waals surface area contributed by atoms with Crippen LogP contribution in [0.1, 0.15) is 28.4 Å². The van der Waals surface area contributed by atoms with Gasteiger partial charge in [0.1, 0.15) is 12.0 Å². The number of nitrogens with one attached hydrogen (secondary N) is 1. The van der Waals surface area contributed by atoms with Crippen LogP contribution in [0, 0.1) is 11.3 Å². The zero-order valence-electron chi connectivity index (χ0n) is 26.1. The minimum absolute atomic E-state index is 0.243. The van der Waals surface area contributed by atoms with Crippen LogP contribution in [0.2, 0.25) is 0 Å². The van der Waals surface area contributed by atoms with Crippen LogP contribution in [0.25, 0.3) is 44.2 Å². The molecule has 1 aliphatic rings. The molecule has 1 N–H and O–H groups in total. The summed E-state index contributed by atoms with van der Waals surface area (Å²) in [6.07, 6.45) is -0.243. The van der Waals surface area contributed by atoms with Gasteiger partial charge in [-0.1, -0.05) is 158 Å². The van der Waals surface area contributed by atoms with E-state index in [1.807, 2.05) is 60.7 Å². The number of benzene rings is 7. The lowest BCUT2D eigenvalue weighted by atomic mass is 9.89. The van der Waals surface area contributed by atoms with E-state index in [1.54, 1.807) is 0 Å². The Bertz CT molecular complexity index is 2330. The predicted molar refractivity (Wildman–Crippen MR) is 197 cm³/mol. The number of hydrogen-bond donors (Lipinski definition) is 1. The molecule has 1 unspecified atom stereocenters. The fourth-order valence-electron chi connectivity index (χ4n) is 6.32. The maximum absolute atomic E-state index is 9.19. The molecule has 0 spiro atoms. The molecule has 0 saturated heterocycles. The van der Waals surface area contributed by atoms with E-state index in [9.17, 15) is 5.26 Å². The number of rotatable bonds is 6. The van der Waals surface area contributed by atoms with E-state index in [4.69, 9.17) is 9.98 Å². The molecular weight excluding hydrogens is 585 g/mol. The summed E-state index contributed by atoms with van der Waals surface area (Å²) in [7, 11) is 0. The third-order valence-electron chi connectivity index (χ3n) is 8.81. The number of nitrogens with zero attached hydrogens (tertiary/aromatic N) is 3. The largest absolute Gasteiger partial charge is 0.344 e. The molecule has 0 amide bonds. The molecule has 4 nitrogen and oxygen atoms in total. The zero-order chi connectivity index (χ0) is 32.3. The van der Waals surface area contributed by atoms with Gasteiger partial charge in [0.15, 0.2) is 5.84 Å². The predicted octanol–water partition coefficient (Wildman–Crippen LogP) is 10.2. The first kappa shape index (κ1) is 28.9. The van der Waals surface area contributed by atoms with Gasteiger partial charge >= 0.3 is 0 Å². The molecule has 48 heavy (non-hydrogen) atoms. The van der Waals surface area contributed by atoms with Gasteiger partial charge in [-0.2, -0.15) is 5.26 Å². The molecular formula is C44H30N4. The standard InChI is InChI=1S/C44H30N4/c45-29-30-15-17-31(18-16-30)32-19-23-35(24-20-32)41-39-14-8-7-9-33(39)27-28-40(41)34-21-25-38(26-22-34)44-47-42(36-10-3-1-4-11-36)46-43(48-44)37-12-5-2-6-13-37/h1-28,42H,(H,46,47,48). The van der Waals surface area contributed by atoms with Gasteiger partial charge in [-0.25, -0.2) is 9.98 Å². The van der Waals surface area contributed by atoms with Crippen molar-refractivity contribution in [2.45, 2.75) is 6.17 Å². The monoisotopic (exact) mass is 614 g/mol. The van der Waals surface area contributed by atoms with E-state index < -0.39 is 0 Å². The molecule has 0 fully saturated rings. The fourth-order valence-corrected chi connectivity index (χ4v) is 6.32. The Morgan fingerprint density at radius 2 is 1.08 bits per heavy atom. The number of amidine groups is 2. The van der Waals surface area contributed by atoms with Crippen molar-refractivity contribution in [1.29, 1.82) is 5.26 Å². The Morgan fingerprint density at radius 3 is 1.79 bits per heavy atom. The molecule has 1 atom stereocenters. The third-order valence-corrected chi connectivity index (χ3v) is 8.81. The number of aliphatic imine (C=N–C) groups is 2. The van der Waals surface area contributed by atoms with Gasteiger partial charge in [0, 0.05) is 11.1 Å². The van der Waals surface area contributed by atoms with E-state index >= 15 is 0 Å². The van der Waals surface area contributed by atoms with E-state index in [0.717, 1.165) is 50.3 Å². The Kier molecular flexibility index (Phi) is 7.62. The van der Waals surface area contributed by atoms with E-state index in [0.29, 0.717) is 11.4 Å². The third kappa shape index (κ3) is 5.66. The van der Waals surface area contributed by atoms with E-state index in [-0.39, 0.29) is 6.17 Å². The van der Waals surface area contributed by atoms with Crippen LogP contribution in [-0.4, -0.2) is 11.7 Å². The molecule has 0 saturated carbocycles. The summed E-state index contributed by atoms with van der Waals surface area (Å²) in [6, 6.07) is 60.7. The van der Waals surface area contributed by atoms with Crippen molar-refractivity contribution < 1.29 is 0 Å². The average molecular weight is 615 g/mol. The van der Waals surface area contributed by atoms with Gasteiger partial charge in [0.25, 0.3) is 0 Å². The second-order valence-corrected chi connectivity index (χ2v) is 11.8. The second kappa shape index (κ2) is 12.7. The first-order valence-corrected chi connectivity index (χ1v) is 16.0. The SMILES string of the molecule is N#Cc1ccc(-c2ccc(-c3c(-c4ccc(C5=NC(c6ccccc6)NC(c6ccccc6)=N5)cc4)ccc4ccccc34)cc2)cc1. The quantitative estimate of drug-likeness (QED) is 0.203. The van der Waals surface area contributed by atoms with Crippen molar-refractivity contribution >= 4 is 22.4 Å². The molecule has 4 heteroatoms. The Morgan fingerprint density at radius 1 is 0.500 bits per heavy atom. The molecule has 226 valence electrons. The maximum Gasteiger partial charge on any atom is 0.159 e. The summed E-state index contributed by atoms with van der Waals surface area (Å²) < 4.78 is 0. The van der Waals surface area contributed by atoms with Gasteiger partial charge in [0.05, 0.1) is 11.6 Å². The van der Waals surface area contributed by atoms with Crippen LogP contribution < -0.4 is 5.32 Å². The Balaban J connectivity index is 1.18. The van der Waals surface area contributed by atoms with Crippen molar-refractivity contribution in [3.8, 4) is 39.4 Å². The van der Waals surface area contributed by atoms with Crippen molar-refractivity contribution in [2.24, 2.45) is 9.98 Å². The highest BCUT2D eigenvalue weighted by Gasteiger charge is 2.21. The van der Waals surface area contributed by atoms with Crippen LogP contribution in [0.15, 0.2) is 180 Å². The minimum atomic E-state index is -0.243. The minimum Gasteiger partial charge on any atom is -0.344 e. The Labute approximate surface area is 280 Å². The van der Waals surface area contributed by atoms with Crippen LogP contribution in [0.5, 0.6) is 0 Å². The van der Waals surface area contributed by atoms with Crippen molar-refractivity contribution in [3.63, 3.8) is 0 Å². The van der Waals surface area contributed by atoms with E-state index in [1.165, 1.54) is 16.3 Å². The molecule has 1 heterocycles. The molecule has 0 radical (unpaired) electrons. The molecule has 8 rings (SSSR count). The second-order valence-electron chi connectivity index (χ2n) is 11.8. The summed E-state index contributed by atoms with van der Waals surface area (Å²) in [4.78, 5) is 10.0. The molecule has 0 aliphatic carbocycles. The first-order chi connectivity index (χ1) is 23.7. The Hall–Kier alpha value is -6.57. The number of nitriles is 1. The summed E-state index contributed by atoms with van der Waals surface area (Å²) >= 11 is 0. The van der Waals surface area contributed by atoms with Gasteiger partial charge in [-0.15, -0.1) is 0 Å². The van der Waals surface area contributed by atoms with Gasteiger partial charge in [0.2, 0.25) is 0 Å². The van der Waals surface area contributed by atoms with Gasteiger partial charge < -0.3 is 5.32 Å². The van der Waals surface area contributed by atoms with Gasteiger partial charge in [-0.05, 0) is 61.8 Å². The topological polar surface area (TPSA) is 60.5 Å². The lowest BCUT2D eigenvalue weighted by Gasteiger charge is -2.23. The highest BCUT2D eigenvalue weighted by atomic mass is 15.2. The highest BCUT2D eigenvalue weighted by Crippen LogP contribution is 2.39. The highest BCUT2D eigenvalue weighted by molar-refractivity contribution is 6.13. The van der Waals surface area contributed by atoms with Crippen LogP contribution in [-0.2, 0) is 0 Å². The fraction of sp³-hybridized carbons (Fsp3) is 0.0227. The summed E-state index contributed by atoms with van der Waals surface area (Å²) in [5.74, 6) is 1.50. The lowest BCUT2D eigenvalue weighted by Crippen LogP contribution is -2.33. The molecule has 7 aromatic carbocycles. The lowest BCUT2D eigenvalue weighted by molar-refractivity contribution is 0.674. The van der Waals surface area contributed by atoms with Crippen LogP contribution >= 0.6 is 0 Å². The van der Waals surface area contributed by atoms with Gasteiger partial charge in [-0.3, -0.25) is 0 Å². The summed E-state index contributed by atoms with van der Waals surface area (Å²) in [5, 5.41) is 15.1. The summed E-state index contributed by atoms with van der Waals surface area (Å²) in [6.45, 7) is 0. The van der Waals surface area contributed by atoms with E-state index in [2.05, 4.69) is 121 Å². The first-order valence-electron chi connectivity index (χ1n) is 16.0. The molecule has 0 aromatic heterocycles. The van der Waals surface area contributed by atoms with Crippen LogP contribution in [0.4, 0.5) is 0 Å². The van der Waals surface area contributed by atoms with Crippen LogP contribution in [0.3, 0.4) is 0 Å². The average Bonchev–Trinajstić information content (AvgIpc) is 3.18. The van der Waals surface area contributed by atoms with Crippen molar-refractivity contribution in [3.05, 3.63) is 192 Å². The number of fused-ring (bicyclic) bond motifs is 1. The normalized spacial score (nSPS) is 14.0. The molecule has 1 aliphatic heterocycles. The molecule has 0 bridgehead atoms. The maximum atomic E-state index is 9.19. The van der Waals surface area contributed by atoms with Crippen molar-refractivity contribution in [2.75, 3.05) is 0 Å². The smallest absolute Gasteiger partial charge is 0.159 e. The number of hydrogen-bond acceptors (Lipinski definition) is 4. The van der Waals surface area contributed by atoms with Crippen molar-refractivity contribution in [1.82, 2.24) is 5.32 Å². The molecule has 7 aromatic rings. The zero-order valence-corrected chi connectivity index (χ0v) is 26.1. The summed E-state index contributed by atoms with van der Waals surface area (Å²) in [5.41, 5.74) is 10.6.